The number of piperidine rings is 1. The Morgan fingerprint density at radius 1 is 1.39 bits per heavy atom. The Bertz CT molecular complexity index is 660. The zero-order valence-electron chi connectivity index (χ0n) is 13.5. The summed E-state index contributed by atoms with van der Waals surface area (Å²) in [5.41, 5.74) is 0.521. The van der Waals surface area contributed by atoms with Gasteiger partial charge in [-0.05, 0) is 43.5 Å². The van der Waals surface area contributed by atoms with Crippen LogP contribution in [0.25, 0.3) is 0 Å². The van der Waals surface area contributed by atoms with Crippen LogP contribution in [0.2, 0.25) is 5.02 Å². The van der Waals surface area contributed by atoms with Crippen molar-refractivity contribution >= 4 is 11.6 Å². The van der Waals surface area contributed by atoms with Crippen LogP contribution in [-0.4, -0.2) is 50.0 Å². The van der Waals surface area contributed by atoms with Crippen molar-refractivity contribution in [3.05, 3.63) is 47.0 Å². The molecule has 0 radical (unpaired) electrons. The van der Waals surface area contributed by atoms with E-state index >= 15 is 0 Å². The summed E-state index contributed by atoms with van der Waals surface area (Å²) in [4.78, 5) is 2.33. The van der Waals surface area contributed by atoms with E-state index in [1.54, 1.807) is 6.33 Å². The van der Waals surface area contributed by atoms with Gasteiger partial charge in [0, 0.05) is 31.6 Å². The minimum absolute atomic E-state index is 0.553. The summed E-state index contributed by atoms with van der Waals surface area (Å²) < 4.78 is 1.88. The van der Waals surface area contributed by atoms with Gasteiger partial charge in [-0.1, -0.05) is 23.7 Å². The first kappa shape index (κ1) is 16.4. The fourth-order valence-electron chi connectivity index (χ4n) is 3.28. The molecule has 124 valence electrons. The lowest BCUT2D eigenvalue weighted by atomic mass is 9.89. The fourth-order valence-corrected chi connectivity index (χ4v) is 3.50. The number of likely N-dealkylation sites (tertiary alicyclic amines) is 1. The van der Waals surface area contributed by atoms with Crippen molar-refractivity contribution in [2.45, 2.75) is 31.3 Å². The van der Waals surface area contributed by atoms with E-state index in [-0.39, 0.29) is 0 Å². The van der Waals surface area contributed by atoms with Gasteiger partial charge in [0.05, 0.1) is 5.60 Å². The monoisotopic (exact) mass is 334 g/mol. The van der Waals surface area contributed by atoms with Crippen LogP contribution in [0.3, 0.4) is 0 Å². The fraction of sp³-hybridized carbons (Fsp3) is 0.529. The largest absolute Gasteiger partial charge is 0.388 e. The van der Waals surface area contributed by atoms with Crippen LogP contribution in [0, 0.1) is 0 Å². The van der Waals surface area contributed by atoms with Gasteiger partial charge in [-0.15, -0.1) is 10.2 Å². The van der Waals surface area contributed by atoms with Gasteiger partial charge >= 0.3 is 0 Å². The number of rotatable bonds is 5. The molecule has 23 heavy (non-hydrogen) atoms. The van der Waals surface area contributed by atoms with E-state index in [0.717, 1.165) is 43.2 Å². The first-order valence-corrected chi connectivity index (χ1v) is 8.44. The zero-order valence-corrected chi connectivity index (χ0v) is 14.2. The van der Waals surface area contributed by atoms with E-state index in [0.29, 0.717) is 13.0 Å². The van der Waals surface area contributed by atoms with Gasteiger partial charge in [-0.2, -0.15) is 0 Å². The minimum Gasteiger partial charge on any atom is -0.388 e. The average molecular weight is 335 g/mol. The van der Waals surface area contributed by atoms with Crippen LogP contribution < -0.4 is 0 Å². The van der Waals surface area contributed by atoms with Crippen LogP contribution >= 0.6 is 11.6 Å². The Labute approximate surface area is 141 Å². The molecule has 1 saturated heterocycles. The predicted octanol–water partition coefficient (Wildman–Crippen LogP) is 2.08. The van der Waals surface area contributed by atoms with Gasteiger partial charge in [0.1, 0.15) is 12.2 Å². The Morgan fingerprint density at radius 3 is 3.00 bits per heavy atom. The number of nitrogens with zero attached hydrogens (tertiary/aromatic N) is 4. The van der Waals surface area contributed by atoms with Gasteiger partial charge in [0.25, 0.3) is 0 Å². The van der Waals surface area contributed by atoms with Crippen molar-refractivity contribution in [1.29, 1.82) is 0 Å². The molecule has 3 rings (SSSR count). The molecule has 1 fully saturated rings. The van der Waals surface area contributed by atoms with Crippen LogP contribution in [0.15, 0.2) is 30.6 Å². The number of hydrogen-bond donors (Lipinski definition) is 1. The second-order valence-electron chi connectivity index (χ2n) is 6.52. The van der Waals surface area contributed by atoms with E-state index in [1.165, 1.54) is 5.56 Å². The zero-order chi connectivity index (χ0) is 16.3. The van der Waals surface area contributed by atoms with E-state index in [2.05, 4.69) is 21.2 Å². The summed E-state index contributed by atoms with van der Waals surface area (Å²) in [6.07, 6.45) is 4.99. The second kappa shape index (κ2) is 6.99. The maximum Gasteiger partial charge on any atom is 0.135 e. The highest BCUT2D eigenvalue weighted by Gasteiger charge is 2.34. The lowest BCUT2D eigenvalue weighted by Crippen LogP contribution is -2.50. The summed E-state index contributed by atoms with van der Waals surface area (Å²) in [5.74, 6) is 0.837. The lowest BCUT2D eigenvalue weighted by molar-refractivity contribution is -0.0316. The number of hydrogen-bond acceptors (Lipinski definition) is 4. The van der Waals surface area contributed by atoms with E-state index in [9.17, 15) is 5.11 Å². The third-order valence-corrected chi connectivity index (χ3v) is 4.77. The second-order valence-corrected chi connectivity index (χ2v) is 6.96. The molecule has 1 atom stereocenters. The standard InChI is InChI=1S/C17H23ClN4O/c1-21-13-19-20-16(21)11-17(23)7-3-8-22(12-17)9-6-14-4-2-5-15(18)10-14/h2,4-5,10,13,23H,3,6-9,11-12H2,1H3. The number of halogens is 1. The van der Waals surface area contributed by atoms with Crippen LogP contribution in [-0.2, 0) is 19.9 Å². The molecule has 6 heteroatoms. The van der Waals surface area contributed by atoms with Crippen molar-refractivity contribution < 1.29 is 5.11 Å². The number of benzene rings is 1. The molecule has 0 spiro atoms. The molecule has 2 aromatic rings. The van der Waals surface area contributed by atoms with E-state index in [1.807, 2.05) is 29.8 Å². The molecule has 1 aliphatic rings. The van der Waals surface area contributed by atoms with Gasteiger partial charge in [0.15, 0.2) is 0 Å². The van der Waals surface area contributed by atoms with Crippen LogP contribution in [0.5, 0.6) is 0 Å². The Hall–Kier alpha value is -1.43. The lowest BCUT2D eigenvalue weighted by Gasteiger charge is -2.39. The molecular formula is C17H23ClN4O. The predicted molar refractivity (Wildman–Crippen MR) is 90.5 cm³/mol. The highest BCUT2D eigenvalue weighted by molar-refractivity contribution is 6.30. The normalized spacial score (nSPS) is 22.4. The molecule has 1 N–H and O–H groups in total. The Balaban J connectivity index is 1.58. The summed E-state index contributed by atoms with van der Waals surface area (Å²) in [6, 6.07) is 7.99. The maximum atomic E-state index is 10.9. The highest BCUT2D eigenvalue weighted by atomic mass is 35.5. The number of aryl methyl sites for hydroxylation is 1. The van der Waals surface area contributed by atoms with Gasteiger partial charge in [-0.3, -0.25) is 0 Å². The van der Waals surface area contributed by atoms with Crippen molar-refractivity contribution in [1.82, 2.24) is 19.7 Å². The molecule has 2 heterocycles. The van der Waals surface area contributed by atoms with E-state index < -0.39 is 5.60 Å². The van der Waals surface area contributed by atoms with Gasteiger partial charge in [-0.25, -0.2) is 0 Å². The van der Waals surface area contributed by atoms with Gasteiger partial charge < -0.3 is 14.6 Å². The van der Waals surface area contributed by atoms with Crippen LogP contribution in [0.1, 0.15) is 24.2 Å². The van der Waals surface area contributed by atoms with Crippen molar-refractivity contribution in [2.75, 3.05) is 19.6 Å². The number of aromatic nitrogens is 3. The number of β-amino-alcohol motifs (C(OH)–C–C–N with tert-alkyl or cyclic N) is 1. The molecule has 0 bridgehead atoms. The maximum absolute atomic E-state index is 10.9. The molecule has 0 saturated carbocycles. The smallest absolute Gasteiger partial charge is 0.135 e. The molecule has 1 aliphatic heterocycles. The van der Waals surface area contributed by atoms with Crippen molar-refractivity contribution in [3.8, 4) is 0 Å². The quantitative estimate of drug-likeness (QED) is 0.909. The highest BCUT2D eigenvalue weighted by Crippen LogP contribution is 2.25. The molecule has 0 aliphatic carbocycles. The molecule has 0 amide bonds. The number of aliphatic hydroxyl groups is 1. The summed E-state index contributed by atoms with van der Waals surface area (Å²) in [7, 11) is 1.92. The van der Waals surface area contributed by atoms with E-state index in [4.69, 9.17) is 11.6 Å². The topological polar surface area (TPSA) is 54.2 Å². The molecule has 5 nitrogen and oxygen atoms in total. The first-order chi connectivity index (χ1) is 11.0. The third kappa shape index (κ3) is 4.31. The molecular weight excluding hydrogens is 312 g/mol. The Morgan fingerprint density at radius 2 is 2.26 bits per heavy atom. The molecule has 1 unspecified atom stereocenters. The van der Waals surface area contributed by atoms with Crippen molar-refractivity contribution in [3.63, 3.8) is 0 Å². The summed E-state index contributed by atoms with van der Waals surface area (Å²) in [5, 5.41) is 19.7. The van der Waals surface area contributed by atoms with Crippen molar-refractivity contribution in [2.24, 2.45) is 7.05 Å². The SMILES string of the molecule is Cn1cnnc1CC1(O)CCCN(CCc2cccc(Cl)c2)C1. The average Bonchev–Trinajstić information content (AvgIpc) is 2.90. The Kier molecular flexibility index (Phi) is 4.99. The third-order valence-electron chi connectivity index (χ3n) is 4.53. The van der Waals surface area contributed by atoms with Crippen LogP contribution in [0.4, 0.5) is 0 Å². The molecule has 1 aromatic heterocycles. The first-order valence-electron chi connectivity index (χ1n) is 8.06. The summed E-state index contributed by atoms with van der Waals surface area (Å²) in [6.45, 7) is 2.64. The minimum atomic E-state index is -0.715. The van der Waals surface area contributed by atoms with Gasteiger partial charge in [0.2, 0.25) is 0 Å². The summed E-state index contributed by atoms with van der Waals surface area (Å²) >= 11 is 6.04. The molecule has 1 aromatic carbocycles.